The van der Waals surface area contributed by atoms with Crippen LogP contribution in [-0.4, -0.2) is 29.8 Å². The van der Waals surface area contributed by atoms with E-state index in [1.165, 1.54) is 0 Å². The van der Waals surface area contributed by atoms with Gasteiger partial charge in [0.1, 0.15) is 17.0 Å². The van der Waals surface area contributed by atoms with Crippen LogP contribution in [0.3, 0.4) is 0 Å². The van der Waals surface area contributed by atoms with Gasteiger partial charge in [0.25, 0.3) is 0 Å². The molecule has 4 nitrogen and oxygen atoms in total. The van der Waals surface area contributed by atoms with Crippen molar-refractivity contribution in [3.63, 3.8) is 0 Å². The Balaban J connectivity index is 2.41. The summed E-state index contributed by atoms with van der Waals surface area (Å²) in [5.74, 6) is 1.42. The van der Waals surface area contributed by atoms with Crippen LogP contribution in [0.1, 0.15) is 32.5 Å². The predicted octanol–water partition coefficient (Wildman–Crippen LogP) is 3.00. The summed E-state index contributed by atoms with van der Waals surface area (Å²) in [6, 6.07) is 1.78. The van der Waals surface area contributed by atoms with Crippen LogP contribution in [0.25, 0.3) is 0 Å². The van der Waals surface area contributed by atoms with Crippen LogP contribution < -0.4 is 4.74 Å². The van der Waals surface area contributed by atoms with Crippen molar-refractivity contribution in [3.8, 4) is 5.88 Å². The number of ether oxygens (including phenoxy) is 2. The molecule has 0 spiro atoms. The van der Waals surface area contributed by atoms with Crippen molar-refractivity contribution in [2.75, 3.05) is 19.8 Å². The molecule has 1 heterocycles. The second-order valence-corrected chi connectivity index (χ2v) is 4.47. The third kappa shape index (κ3) is 5.98. The number of nitrogens with zero attached hydrogens (tertiary/aromatic N) is 2. The van der Waals surface area contributed by atoms with E-state index in [0.29, 0.717) is 19.1 Å². The number of rotatable bonds is 8. The van der Waals surface area contributed by atoms with Gasteiger partial charge in [0.15, 0.2) is 0 Å². The molecular formula is C12H19BrN2O2. The number of aromatic nitrogens is 2. The van der Waals surface area contributed by atoms with Gasteiger partial charge in [-0.2, -0.15) is 4.98 Å². The highest BCUT2D eigenvalue weighted by Crippen LogP contribution is 2.15. The molecule has 0 unspecified atom stereocenters. The lowest BCUT2D eigenvalue weighted by atomic mass is 10.3. The minimum atomic E-state index is 0.523. The highest BCUT2D eigenvalue weighted by atomic mass is 79.9. The normalized spacial score (nSPS) is 10.5. The second-order valence-electron chi connectivity index (χ2n) is 3.66. The molecule has 0 atom stereocenters. The van der Waals surface area contributed by atoms with Crippen LogP contribution in [0.2, 0.25) is 0 Å². The van der Waals surface area contributed by atoms with Gasteiger partial charge in [-0.05, 0) is 28.8 Å². The molecule has 17 heavy (non-hydrogen) atoms. The summed E-state index contributed by atoms with van der Waals surface area (Å²) >= 11 is 3.35. The van der Waals surface area contributed by atoms with Crippen LogP contribution in [0.4, 0.5) is 0 Å². The van der Waals surface area contributed by atoms with Gasteiger partial charge in [-0.3, -0.25) is 0 Å². The molecule has 0 amide bonds. The number of aryl methyl sites for hydroxylation is 1. The van der Waals surface area contributed by atoms with Crippen LogP contribution in [-0.2, 0) is 11.2 Å². The topological polar surface area (TPSA) is 44.2 Å². The lowest BCUT2D eigenvalue weighted by Gasteiger charge is -2.07. The summed E-state index contributed by atoms with van der Waals surface area (Å²) in [7, 11) is 0. The van der Waals surface area contributed by atoms with E-state index in [4.69, 9.17) is 9.47 Å². The Labute approximate surface area is 111 Å². The van der Waals surface area contributed by atoms with Gasteiger partial charge in [-0.25, -0.2) is 4.98 Å². The van der Waals surface area contributed by atoms with E-state index >= 15 is 0 Å². The molecule has 5 heteroatoms. The Morgan fingerprint density at radius 3 is 2.65 bits per heavy atom. The van der Waals surface area contributed by atoms with Crippen molar-refractivity contribution in [2.45, 2.75) is 33.1 Å². The van der Waals surface area contributed by atoms with Gasteiger partial charge < -0.3 is 9.47 Å². The standard InChI is InChI=1S/C12H19BrN2O2/c1-3-5-11-14-10(13)9-12(15-11)17-8-7-16-6-4-2/h9H,3-8H2,1-2H3. The fourth-order valence-corrected chi connectivity index (χ4v) is 1.70. The lowest BCUT2D eigenvalue weighted by Crippen LogP contribution is -2.09. The van der Waals surface area contributed by atoms with E-state index < -0.39 is 0 Å². The summed E-state index contributed by atoms with van der Waals surface area (Å²) in [5, 5.41) is 0. The van der Waals surface area contributed by atoms with E-state index in [1.807, 2.05) is 0 Å². The smallest absolute Gasteiger partial charge is 0.217 e. The van der Waals surface area contributed by atoms with Gasteiger partial charge in [0.05, 0.1) is 6.61 Å². The maximum absolute atomic E-state index is 5.51. The average molecular weight is 303 g/mol. The molecule has 0 aliphatic rings. The molecule has 0 N–H and O–H groups in total. The molecular weight excluding hydrogens is 284 g/mol. The van der Waals surface area contributed by atoms with E-state index in [2.05, 4.69) is 39.7 Å². The molecule has 1 aromatic heterocycles. The fraction of sp³-hybridized carbons (Fsp3) is 0.667. The fourth-order valence-electron chi connectivity index (χ4n) is 1.30. The largest absolute Gasteiger partial charge is 0.475 e. The van der Waals surface area contributed by atoms with Crippen LogP contribution in [0.15, 0.2) is 10.7 Å². The van der Waals surface area contributed by atoms with E-state index in [-0.39, 0.29) is 0 Å². The molecule has 1 rings (SSSR count). The number of halogens is 1. The maximum Gasteiger partial charge on any atom is 0.217 e. The third-order valence-corrected chi connectivity index (χ3v) is 2.42. The maximum atomic E-state index is 5.51. The Hall–Kier alpha value is -0.680. The first-order valence-electron chi connectivity index (χ1n) is 6.00. The molecule has 0 bridgehead atoms. The number of hydrogen-bond donors (Lipinski definition) is 0. The van der Waals surface area contributed by atoms with Crippen LogP contribution in [0.5, 0.6) is 5.88 Å². The first-order valence-corrected chi connectivity index (χ1v) is 6.79. The quantitative estimate of drug-likeness (QED) is 0.547. The van der Waals surface area contributed by atoms with Crippen molar-refractivity contribution >= 4 is 15.9 Å². The first-order chi connectivity index (χ1) is 8.26. The summed E-state index contributed by atoms with van der Waals surface area (Å²) in [5.41, 5.74) is 0. The molecule has 0 radical (unpaired) electrons. The molecule has 0 aliphatic heterocycles. The Kier molecular flexibility index (Phi) is 7.12. The average Bonchev–Trinajstić information content (AvgIpc) is 2.28. The zero-order valence-corrected chi connectivity index (χ0v) is 12.0. The van der Waals surface area contributed by atoms with E-state index in [9.17, 15) is 0 Å². The highest BCUT2D eigenvalue weighted by Gasteiger charge is 2.03. The SMILES string of the molecule is CCCOCCOc1cc(Br)nc(CCC)n1. The van der Waals surface area contributed by atoms with Gasteiger partial charge >= 0.3 is 0 Å². The Morgan fingerprint density at radius 1 is 1.12 bits per heavy atom. The molecule has 0 fully saturated rings. The van der Waals surface area contributed by atoms with Crippen molar-refractivity contribution in [2.24, 2.45) is 0 Å². The van der Waals surface area contributed by atoms with Gasteiger partial charge in [-0.1, -0.05) is 13.8 Å². The van der Waals surface area contributed by atoms with Crippen LogP contribution >= 0.6 is 15.9 Å². The lowest BCUT2D eigenvalue weighted by molar-refractivity contribution is 0.0988. The third-order valence-electron chi connectivity index (χ3n) is 2.02. The molecule has 0 aliphatic carbocycles. The minimum Gasteiger partial charge on any atom is -0.475 e. The predicted molar refractivity (Wildman–Crippen MR) is 70.3 cm³/mol. The summed E-state index contributed by atoms with van der Waals surface area (Å²) < 4.78 is 11.6. The summed E-state index contributed by atoms with van der Waals surface area (Å²) in [6.07, 6.45) is 2.91. The van der Waals surface area contributed by atoms with E-state index in [1.54, 1.807) is 6.07 Å². The zero-order chi connectivity index (χ0) is 12.5. The van der Waals surface area contributed by atoms with Gasteiger partial charge in [0, 0.05) is 19.1 Å². The molecule has 0 saturated heterocycles. The summed E-state index contributed by atoms with van der Waals surface area (Å²) in [4.78, 5) is 8.60. The van der Waals surface area contributed by atoms with Crippen molar-refractivity contribution in [1.82, 2.24) is 9.97 Å². The van der Waals surface area contributed by atoms with Gasteiger partial charge in [-0.15, -0.1) is 0 Å². The molecule has 96 valence electrons. The highest BCUT2D eigenvalue weighted by molar-refractivity contribution is 9.10. The molecule has 0 saturated carbocycles. The van der Waals surface area contributed by atoms with Crippen molar-refractivity contribution in [3.05, 3.63) is 16.5 Å². The van der Waals surface area contributed by atoms with Crippen molar-refractivity contribution < 1.29 is 9.47 Å². The molecule has 1 aromatic rings. The monoisotopic (exact) mass is 302 g/mol. The van der Waals surface area contributed by atoms with Crippen molar-refractivity contribution in [1.29, 1.82) is 0 Å². The second kappa shape index (κ2) is 8.42. The first kappa shape index (κ1) is 14.4. The Morgan fingerprint density at radius 2 is 1.94 bits per heavy atom. The minimum absolute atomic E-state index is 0.523. The number of hydrogen-bond acceptors (Lipinski definition) is 4. The van der Waals surface area contributed by atoms with E-state index in [0.717, 1.165) is 36.3 Å². The molecule has 0 aromatic carbocycles. The Bertz CT molecular complexity index is 334. The van der Waals surface area contributed by atoms with Gasteiger partial charge in [0.2, 0.25) is 5.88 Å². The summed E-state index contributed by atoms with van der Waals surface area (Å²) in [6.45, 7) is 6.08. The zero-order valence-electron chi connectivity index (χ0n) is 10.4. The van der Waals surface area contributed by atoms with Crippen LogP contribution in [0, 0.1) is 0 Å².